The van der Waals surface area contributed by atoms with Gasteiger partial charge in [-0.05, 0) is 20.3 Å². The standard InChI is InChI=1S/C19H34N4O10/c1-8(6-23(18(30)9(2)20)11(17(21)29)4-5-13(26)27)32-16-14(22-10(3)25)19(31)33-12(7-24)15(16)28/h8-9,11-12,14-16,19,24,28,31H,4-7,20H2,1-3H3,(H2,21,29)(H,22,25)(H,26,27)/t8?,9-,11+,12-,14-,15-,16-,19+/m1/s1. The van der Waals surface area contributed by atoms with Gasteiger partial charge in [0, 0.05) is 19.9 Å². The molecule has 1 saturated heterocycles. The van der Waals surface area contributed by atoms with E-state index in [9.17, 15) is 34.5 Å². The number of aliphatic hydroxyl groups excluding tert-OH is 3. The average molecular weight is 478 g/mol. The normalized spacial score (nSPS) is 27.8. The molecule has 8 atom stereocenters. The van der Waals surface area contributed by atoms with E-state index in [1.807, 2.05) is 0 Å². The van der Waals surface area contributed by atoms with Gasteiger partial charge in [0.05, 0.1) is 18.8 Å². The summed E-state index contributed by atoms with van der Waals surface area (Å²) in [7, 11) is 0. The van der Waals surface area contributed by atoms with Crippen molar-refractivity contribution in [1.82, 2.24) is 10.2 Å². The number of carboxylic acid groups (broad SMARTS) is 1. The minimum Gasteiger partial charge on any atom is -0.481 e. The van der Waals surface area contributed by atoms with Gasteiger partial charge in [0.2, 0.25) is 17.7 Å². The molecule has 1 unspecified atom stereocenters. The first-order valence-corrected chi connectivity index (χ1v) is 10.4. The number of aliphatic carboxylic acids is 1. The average Bonchev–Trinajstić information content (AvgIpc) is 2.70. The van der Waals surface area contributed by atoms with Gasteiger partial charge in [-0.1, -0.05) is 0 Å². The van der Waals surface area contributed by atoms with Gasteiger partial charge >= 0.3 is 5.97 Å². The molecule has 0 aliphatic carbocycles. The maximum Gasteiger partial charge on any atom is 0.303 e. The SMILES string of the molecule is CC(=O)N[C@@H]1[C@@H](OC(C)CN(C(=O)[C@@H](C)N)[C@@H](CCC(=O)O)C(N)=O)[C@H](O)[C@@H](CO)O[C@@H]1O. The third kappa shape index (κ3) is 8.17. The summed E-state index contributed by atoms with van der Waals surface area (Å²) >= 11 is 0. The molecule has 1 aliphatic heterocycles. The Morgan fingerprint density at radius 2 is 1.82 bits per heavy atom. The number of primary amides is 1. The van der Waals surface area contributed by atoms with Crippen LogP contribution in [-0.2, 0) is 28.7 Å². The highest BCUT2D eigenvalue weighted by molar-refractivity contribution is 5.89. The van der Waals surface area contributed by atoms with Crippen LogP contribution < -0.4 is 16.8 Å². The van der Waals surface area contributed by atoms with Crippen LogP contribution in [0.25, 0.3) is 0 Å². The van der Waals surface area contributed by atoms with Crippen molar-refractivity contribution < 1.29 is 49.1 Å². The van der Waals surface area contributed by atoms with Crippen molar-refractivity contribution in [2.24, 2.45) is 11.5 Å². The molecule has 1 aliphatic rings. The molecular formula is C19H34N4O10. The van der Waals surface area contributed by atoms with Gasteiger partial charge in [0.25, 0.3) is 0 Å². The lowest BCUT2D eigenvalue weighted by atomic mass is 9.96. The molecule has 0 bridgehead atoms. The number of amides is 3. The highest BCUT2D eigenvalue weighted by atomic mass is 16.6. The van der Waals surface area contributed by atoms with Crippen LogP contribution in [-0.4, -0.2) is 111 Å². The zero-order valence-corrected chi connectivity index (χ0v) is 18.8. The molecule has 3 amide bonds. The van der Waals surface area contributed by atoms with E-state index in [2.05, 4.69) is 5.32 Å². The van der Waals surface area contributed by atoms with E-state index in [-0.39, 0.29) is 13.0 Å². The number of rotatable bonds is 12. The molecule has 1 heterocycles. The van der Waals surface area contributed by atoms with Gasteiger partial charge in [-0.25, -0.2) is 0 Å². The lowest BCUT2D eigenvalue weighted by Crippen LogP contribution is -2.65. The van der Waals surface area contributed by atoms with Crippen LogP contribution in [0.3, 0.4) is 0 Å². The summed E-state index contributed by atoms with van der Waals surface area (Å²) < 4.78 is 10.9. The van der Waals surface area contributed by atoms with E-state index < -0.39 is 85.5 Å². The van der Waals surface area contributed by atoms with Gasteiger partial charge in [-0.2, -0.15) is 0 Å². The van der Waals surface area contributed by atoms with Crippen LogP contribution in [0, 0.1) is 0 Å². The number of nitrogens with two attached hydrogens (primary N) is 2. The minimum absolute atomic E-state index is 0.254. The second-order valence-corrected chi connectivity index (χ2v) is 8.01. The predicted octanol–water partition coefficient (Wildman–Crippen LogP) is -3.77. The molecule has 190 valence electrons. The van der Waals surface area contributed by atoms with Crippen molar-refractivity contribution in [3.05, 3.63) is 0 Å². The summed E-state index contributed by atoms with van der Waals surface area (Å²) in [6.45, 7) is 3.13. The number of hydrogen-bond donors (Lipinski definition) is 7. The number of aliphatic hydroxyl groups is 3. The molecule has 0 saturated carbocycles. The van der Waals surface area contributed by atoms with Crippen molar-refractivity contribution in [3.8, 4) is 0 Å². The highest BCUT2D eigenvalue weighted by Gasteiger charge is 2.46. The fourth-order valence-electron chi connectivity index (χ4n) is 3.57. The number of nitrogens with zero attached hydrogens (tertiary/aromatic N) is 1. The summed E-state index contributed by atoms with van der Waals surface area (Å²) in [5, 5.41) is 41.5. The van der Waals surface area contributed by atoms with Crippen LogP contribution in [0.5, 0.6) is 0 Å². The van der Waals surface area contributed by atoms with Crippen molar-refractivity contribution in [3.63, 3.8) is 0 Å². The van der Waals surface area contributed by atoms with Crippen LogP contribution in [0.1, 0.15) is 33.6 Å². The number of carbonyl (C=O) groups is 4. The molecule has 0 aromatic rings. The topological polar surface area (TPSA) is 235 Å². The fourth-order valence-corrected chi connectivity index (χ4v) is 3.57. The van der Waals surface area contributed by atoms with E-state index in [0.29, 0.717) is 0 Å². The van der Waals surface area contributed by atoms with Crippen molar-refractivity contribution in [2.45, 2.75) is 82.4 Å². The van der Waals surface area contributed by atoms with Gasteiger partial charge in [-0.15, -0.1) is 0 Å². The first-order valence-electron chi connectivity index (χ1n) is 10.4. The quantitative estimate of drug-likeness (QED) is 0.144. The Morgan fingerprint density at radius 1 is 1.21 bits per heavy atom. The fraction of sp³-hybridized carbons (Fsp3) is 0.789. The Labute approximate surface area is 190 Å². The van der Waals surface area contributed by atoms with Crippen LogP contribution in [0.2, 0.25) is 0 Å². The van der Waals surface area contributed by atoms with Crippen molar-refractivity contribution >= 4 is 23.7 Å². The van der Waals surface area contributed by atoms with E-state index in [1.165, 1.54) is 20.8 Å². The zero-order chi connectivity index (χ0) is 25.5. The highest BCUT2D eigenvalue weighted by Crippen LogP contribution is 2.24. The molecule has 0 aromatic carbocycles. The summed E-state index contributed by atoms with van der Waals surface area (Å²) in [5.74, 6) is -3.35. The van der Waals surface area contributed by atoms with Crippen molar-refractivity contribution in [2.75, 3.05) is 13.2 Å². The van der Waals surface area contributed by atoms with E-state index >= 15 is 0 Å². The lowest BCUT2D eigenvalue weighted by molar-refractivity contribution is -0.268. The molecule has 0 aromatic heterocycles. The maximum absolute atomic E-state index is 12.7. The molecular weight excluding hydrogens is 444 g/mol. The largest absolute Gasteiger partial charge is 0.481 e. The van der Waals surface area contributed by atoms with Gasteiger partial charge < -0.3 is 51.6 Å². The Hall–Kier alpha value is -2.36. The molecule has 14 nitrogen and oxygen atoms in total. The van der Waals surface area contributed by atoms with Crippen LogP contribution >= 0.6 is 0 Å². The smallest absolute Gasteiger partial charge is 0.303 e. The first-order chi connectivity index (χ1) is 15.3. The summed E-state index contributed by atoms with van der Waals surface area (Å²) in [4.78, 5) is 48.2. The van der Waals surface area contributed by atoms with E-state index in [0.717, 1.165) is 4.90 Å². The first kappa shape index (κ1) is 28.7. The second-order valence-electron chi connectivity index (χ2n) is 8.01. The zero-order valence-electron chi connectivity index (χ0n) is 18.8. The Kier molecular flexibility index (Phi) is 11.1. The third-order valence-corrected chi connectivity index (χ3v) is 5.09. The second kappa shape index (κ2) is 12.8. The number of carboxylic acids is 1. The molecule has 9 N–H and O–H groups in total. The van der Waals surface area contributed by atoms with Crippen molar-refractivity contribution in [1.29, 1.82) is 0 Å². The van der Waals surface area contributed by atoms with Gasteiger partial charge in [0.15, 0.2) is 6.29 Å². The molecule has 0 radical (unpaired) electrons. The molecule has 1 rings (SSSR count). The minimum atomic E-state index is -1.61. The molecule has 33 heavy (non-hydrogen) atoms. The number of ether oxygens (including phenoxy) is 2. The number of carbonyl (C=O) groups excluding carboxylic acids is 3. The lowest BCUT2D eigenvalue weighted by Gasteiger charge is -2.44. The summed E-state index contributed by atoms with van der Waals surface area (Å²) in [6, 6.07) is -3.53. The molecule has 14 heteroatoms. The van der Waals surface area contributed by atoms with Gasteiger partial charge in [0.1, 0.15) is 30.4 Å². The van der Waals surface area contributed by atoms with Gasteiger partial charge in [-0.3, -0.25) is 19.2 Å². The molecule has 1 fully saturated rings. The van der Waals surface area contributed by atoms with Crippen LogP contribution in [0.15, 0.2) is 0 Å². The number of nitrogens with one attached hydrogen (secondary N) is 1. The Morgan fingerprint density at radius 3 is 2.27 bits per heavy atom. The van der Waals surface area contributed by atoms with Crippen LogP contribution in [0.4, 0.5) is 0 Å². The monoisotopic (exact) mass is 478 g/mol. The Balaban J connectivity index is 3.13. The molecule has 0 spiro atoms. The van der Waals surface area contributed by atoms with E-state index in [4.69, 9.17) is 26.0 Å². The van der Waals surface area contributed by atoms with E-state index in [1.54, 1.807) is 0 Å². The Bertz CT molecular complexity index is 706. The summed E-state index contributed by atoms with van der Waals surface area (Å²) in [5.41, 5.74) is 11.1. The predicted molar refractivity (Wildman–Crippen MR) is 111 cm³/mol. The maximum atomic E-state index is 12.7. The third-order valence-electron chi connectivity index (χ3n) is 5.09. The summed E-state index contributed by atoms with van der Waals surface area (Å²) in [6.07, 6.45) is -7.15. The number of hydrogen-bond acceptors (Lipinski definition) is 10.